The van der Waals surface area contributed by atoms with Crippen LogP contribution in [0.25, 0.3) is 11.4 Å². The first-order valence-electron chi connectivity index (χ1n) is 8.91. The second kappa shape index (κ2) is 8.86. The van der Waals surface area contributed by atoms with Gasteiger partial charge in [-0.1, -0.05) is 49.4 Å². The minimum atomic E-state index is 0.0945. The van der Waals surface area contributed by atoms with E-state index in [9.17, 15) is 4.79 Å². The van der Waals surface area contributed by atoms with Gasteiger partial charge in [0.25, 0.3) is 0 Å². The summed E-state index contributed by atoms with van der Waals surface area (Å²) in [6, 6.07) is 15.6. The molecular weight excluding hydrogens is 358 g/mol. The predicted molar refractivity (Wildman–Crippen MR) is 108 cm³/mol. The fourth-order valence-corrected chi connectivity index (χ4v) is 3.60. The molecule has 0 bridgehead atoms. The molecule has 0 aliphatic carbocycles. The van der Waals surface area contributed by atoms with E-state index < -0.39 is 0 Å². The third-order valence-electron chi connectivity index (χ3n) is 4.33. The zero-order chi connectivity index (χ0) is 19.2. The van der Waals surface area contributed by atoms with Crippen molar-refractivity contribution in [2.75, 3.05) is 12.9 Å². The number of nitrogens with zero attached hydrogens (tertiary/aromatic N) is 3. The molecule has 2 aromatic carbocycles. The summed E-state index contributed by atoms with van der Waals surface area (Å²) in [5, 5.41) is 9.21. The Kier molecular flexibility index (Phi) is 6.29. The second-order valence-electron chi connectivity index (χ2n) is 6.25. The van der Waals surface area contributed by atoms with Gasteiger partial charge in [0.05, 0.1) is 12.9 Å². The zero-order valence-corrected chi connectivity index (χ0v) is 16.6. The SMILES string of the molecule is CCCc1ccc(C(=O)CSc2nnc(-c3ccc(OC)cc3)n2C)cc1. The standard InChI is InChI=1S/C21H23N3O2S/c1-4-5-15-6-8-16(9-7-15)19(25)14-27-21-23-22-20(24(21)2)17-10-12-18(26-3)13-11-17/h6-13H,4-5,14H2,1-3H3. The smallest absolute Gasteiger partial charge is 0.191 e. The van der Waals surface area contributed by atoms with Crippen molar-refractivity contribution in [1.82, 2.24) is 14.8 Å². The molecule has 0 unspecified atom stereocenters. The van der Waals surface area contributed by atoms with E-state index in [-0.39, 0.29) is 5.78 Å². The molecule has 1 heterocycles. The van der Waals surface area contributed by atoms with Crippen molar-refractivity contribution in [3.8, 4) is 17.1 Å². The van der Waals surface area contributed by atoms with Gasteiger partial charge in [-0.15, -0.1) is 10.2 Å². The van der Waals surface area contributed by atoms with Crippen LogP contribution < -0.4 is 4.74 Å². The lowest BCUT2D eigenvalue weighted by Crippen LogP contribution is -2.04. The van der Waals surface area contributed by atoms with E-state index in [0.717, 1.165) is 40.7 Å². The topological polar surface area (TPSA) is 57.0 Å². The Morgan fingerprint density at radius 2 is 1.78 bits per heavy atom. The van der Waals surface area contributed by atoms with Crippen molar-refractivity contribution in [2.24, 2.45) is 7.05 Å². The molecule has 0 N–H and O–H groups in total. The molecule has 0 atom stereocenters. The van der Waals surface area contributed by atoms with Crippen molar-refractivity contribution in [3.63, 3.8) is 0 Å². The normalized spacial score (nSPS) is 10.8. The molecule has 3 rings (SSSR count). The van der Waals surface area contributed by atoms with E-state index in [4.69, 9.17) is 4.74 Å². The molecule has 3 aromatic rings. The van der Waals surface area contributed by atoms with Crippen LogP contribution in [0.15, 0.2) is 53.7 Å². The number of carbonyl (C=O) groups excluding carboxylic acids is 1. The minimum absolute atomic E-state index is 0.0945. The molecule has 140 valence electrons. The highest BCUT2D eigenvalue weighted by Crippen LogP contribution is 2.25. The first kappa shape index (κ1) is 19.2. The fraction of sp³-hybridized carbons (Fsp3) is 0.286. The summed E-state index contributed by atoms with van der Waals surface area (Å²) in [4.78, 5) is 12.5. The molecule has 27 heavy (non-hydrogen) atoms. The minimum Gasteiger partial charge on any atom is -0.497 e. The van der Waals surface area contributed by atoms with Crippen LogP contribution in [0.3, 0.4) is 0 Å². The maximum atomic E-state index is 12.5. The summed E-state index contributed by atoms with van der Waals surface area (Å²) >= 11 is 1.40. The van der Waals surface area contributed by atoms with Crippen molar-refractivity contribution >= 4 is 17.5 Å². The number of ether oxygens (including phenoxy) is 1. The highest BCUT2D eigenvalue weighted by Gasteiger charge is 2.14. The number of rotatable bonds is 8. The van der Waals surface area contributed by atoms with Crippen molar-refractivity contribution in [3.05, 3.63) is 59.7 Å². The maximum absolute atomic E-state index is 12.5. The molecule has 0 fully saturated rings. The van der Waals surface area contributed by atoms with Gasteiger partial charge >= 0.3 is 0 Å². The molecular formula is C21H23N3O2S. The van der Waals surface area contributed by atoms with Crippen LogP contribution in [-0.4, -0.2) is 33.4 Å². The Morgan fingerprint density at radius 1 is 1.07 bits per heavy atom. The van der Waals surface area contributed by atoms with Gasteiger partial charge in [0.1, 0.15) is 5.75 Å². The van der Waals surface area contributed by atoms with Crippen LogP contribution in [-0.2, 0) is 13.5 Å². The molecule has 0 saturated carbocycles. The highest BCUT2D eigenvalue weighted by molar-refractivity contribution is 7.99. The molecule has 0 aliphatic rings. The Bertz CT molecular complexity index is 902. The first-order valence-corrected chi connectivity index (χ1v) is 9.89. The van der Waals surface area contributed by atoms with Gasteiger partial charge in [-0.2, -0.15) is 0 Å². The van der Waals surface area contributed by atoms with Gasteiger partial charge in [-0.05, 0) is 36.2 Å². The van der Waals surface area contributed by atoms with E-state index in [2.05, 4.69) is 17.1 Å². The van der Waals surface area contributed by atoms with E-state index in [1.807, 2.05) is 60.1 Å². The molecule has 1 aromatic heterocycles. The highest BCUT2D eigenvalue weighted by atomic mass is 32.2. The van der Waals surface area contributed by atoms with E-state index >= 15 is 0 Å². The van der Waals surface area contributed by atoms with Crippen LogP contribution in [0.4, 0.5) is 0 Å². The zero-order valence-electron chi connectivity index (χ0n) is 15.8. The third-order valence-corrected chi connectivity index (χ3v) is 5.35. The predicted octanol–water partition coefficient (Wildman–Crippen LogP) is 4.42. The Labute approximate surface area is 163 Å². The van der Waals surface area contributed by atoms with Crippen LogP contribution in [0.5, 0.6) is 5.75 Å². The number of carbonyl (C=O) groups is 1. The molecule has 0 saturated heterocycles. The second-order valence-corrected chi connectivity index (χ2v) is 7.19. The largest absolute Gasteiger partial charge is 0.497 e. The van der Waals surface area contributed by atoms with Crippen LogP contribution in [0.1, 0.15) is 29.3 Å². The summed E-state index contributed by atoms with van der Waals surface area (Å²) in [5.74, 6) is 1.99. The number of ketones is 1. The number of Topliss-reactive ketones (excluding diaryl/α,β-unsaturated/α-hetero) is 1. The van der Waals surface area contributed by atoms with Gasteiger partial charge < -0.3 is 9.30 Å². The van der Waals surface area contributed by atoms with Crippen molar-refractivity contribution in [1.29, 1.82) is 0 Å². The van der Waals surface area contributed by atoms with Gasteiger partial charge in [-0.25, -0.2) is 0 Å². The number of hydrogen-bond donors (Lipinski definition) is 0. The summed E-state index contributed by atoms with van der Waals surface area (Å²) in [7, 11) is 3.55. The fourth-order valence-electron chi connectivity index (χ4n) is 2.79. The average molecular weight is 382 g/mol. The van der Waals surface area contributed by atoms with Crippen LogP contribution >= 0.6 is 11.8 Å². The maximum Gasteiger partial charge on any atom is 0.191 e. The number of aromatic nitrogens is 3. The lowest BCUT2D eigenvalue weighted by Gasteiger charge is -2.05. The Hall–Kier alpha value is -2.60. The Balaban J connectivity index is 1.65. The van der Waals surface area contributed by atoms with Crippen molar-refractivity contribution < 1.29 is 9.53 Å². The van der Waals surface area contributed by atoms with Gasteiger partial charge in [0.2, 0.25) is 0 Å². The number of hydrogen-bond acceptors (Lipinski definition) is 5. The summed E-state index contributed by atoms with van der Waals surface area (Å²) in [6.45, 7) is 2.15. The third kappa shape index (κ3) is 4.57. The van der Waals surface area contributed by atoms with Crippen LogP contribution in [0, 0.1) is 0 Å². The van der Waals surface area contributed by atoms with Gasteiger partial charge in [0.15, 0.2) is 16.8 Å². The summed E-state index contributed by atoms with van der Waals surface area (Å²) in [6.07, 6.45) is 2.14. The summed E-state index contributed by atoms with van der Waals surface area (Å²) < 4.78 is 7.09. The number of benzene rings is 2. The van der Waals surface area contributed by atoms with Crippen molar-refractivity contribution in [2.45, 2.75) is 24.9 Å². The van der Waals surface area contributed by atoms with Gasteiger partial charge in [-0.3, -0.25) is 4.79 Å². The molecule has 6 heteroatoms. The monoisotopic (exact) mass is 381 g/mol. The molecule has 5 nitrogen and oxygen atoms in total. The summed E-state index contributed by atoms with van der Waals surface area (Å²) in [5.41, 5.74) is 2.95. The van der Waals surface area contributed by atoms with Gasteiger partial charge in [0, 0.05) is 18.2 Å². The van der Waals surface area contributed by atoms with E-state index in [0.29, 0.717) is 5.75 Å². The lowest BCUT2D eigenvalue weighted by molar-refractivity contribution is 0.102. The number of thioether (sulfide) groups is 1. The first-order chi connectivity index (χ1) is 13.1. The Morgan fingerprint density at radius 3 is 2.41 bits per heavy atom. The number of aryl methyl sites for hydroxylation is 1. The van der Waals surface area contributed by atoms with E-state index in [1.165, 1.54) is 17.3 Å². The molecule has 0 aliphatic heterocycles. The molecule has 0 spiro atoms. The van der Waals surface area contributed by atoms with E-state index in [1.54, 1.807) is 7.11 Å². The molecule has 0 amide bonds. The lowest BCUT2D eigenvalue weighted by atomic mass is 10.1. The average Bonchev–Trinajstić information content (AvgIpc) is 3.07. The number of methoxy groups -OCH3 is 1. The van der Waals surface area contributed by atoms with Crippen LogP contribution in [0.2, 0.25) is 0 Å². The molecule has 0 radical (unpaired) electrons. The quantitative estimate of drug-likeness (QED) is 0.427.